The number of para-hydroxylation sites is 4. The lowest BCUT2D eigenvalue weighted by molar-refractivity contribution is 0.671. The third kappa shape index (κ3) is 4.24. The van der Waals surface area contributed by atoms with E-state index < -0.39 is 0 Å². The SMILES string of the molecule is N#Cc1ccc(-c2nc(-c3ccccc3)nc(-n3c4ccccc4c4c5c6ccccc6n(-c6ccccc6)c5c5oc6ccccc6c5c43)n2)cc1. The second kappa shape index (κ2) is 11.2. The van der Waals surface area contributed by atoms with Crippen molar-refractivity contribution in [3.63, 3.8) is 0 Å². The van der Waals surface area contributed by atoms with E-state index in [1.165, 1.54) is 0 Å². The van der Waals surface area contributed by atoms with Crippen molar-refractivity contribution in [2.24, 2.45) is 0 Å². The van der Waals surface area contributed by atoms with Crippen LogP contribution in [0.25, 0.3) is 100.0 Å². The highest BCUT2D eigenvalue weighted by Crippen LogP contribution is 2.49. The van der Waals surface area contributed by atoms with Crippen molar-refractivity contribution in [2.45, 2.75) is 0 Å². The fourth-order valence-electron chi connectivity index (χ4n) is 7.94. The number of hydrogen-bond acceptors (Lipinski definition) is 5. The normalized spacial score (nSPS) is 11.8. The van der Waals surface area contributed by atoms with Gasteiger partial charge in [-0.3, -0.25) is 4.57 Å². The number of nitriles is 1. The van der Waals surface area contributed by atoms with Crippen LogP contribution in [0.2, 0.25) is 0 Å². The molecule has 0 bridgehead atoms. The largest absolute Gasteiger partial charge is 0.454 e. The van der Waals surface area contributed by atoms with Crippen LogP contribution in [-0.4, -0.2) is 24.1 Å². The quantitative estimate of drug-likeness (QED) is 0.185. The first-order valence-electron chi connectivity index (χ1n) is 17.4. The number of hydrogen-bond donors (Lipinski definition) is 0. The first-order valence-corrected chi connectivity index (χ1v) is 17.4. The zero-order chi connectivity index (χ0) is 35.0. The van der Waals surface area contributed by atoms with E-state index in [0.29, 0.717) is 23.2 Å². The standard InChI is InChI=1S/C46H26N6O/c47-27-28-23-25-30(26-24-28)45-48-44(29-13-3-1-4-14-29)49-46(50-45)52-36-21-11-8-18-33(36)38-39-32-17-7-10-20-35(32)51(31-15-5-2-6-16-31)42(39)43-40(41(38)52)34-19-9-12-22-37(34)53-43/h1-26H. The molecule has 11 rings (SSSR count). The number of rotatable bonds is 4. The Hall–Kier alpha value is -7.56. The lowest BCUT2D eigenvalue weighted by Gasteiger charge is -2.12. The van der Waals surface area contributed by atoms with Crippen LogP contribution in [0.5, 0.6) is 0 Å². The molecule has 53 heavy (non-hydrogen) atoms. The second-order valence-corrected chi connectivity index (χ2v) is 13.1. The van der Waals surface area contributed by atoms with E-state index in [-0.39, 0.29) is 0 Å². The summed E-state index contributed by atoms with van der Waals surface area (Å²) >= 11 is 0. The Kier molecular flexibility index (Phi) is 6.18. The van der Waals surface area contributed by atoms with Crippen molar-refractivity contribution in [2.75, 3.05) is 0 Å². The Balaban J connectivity index is 1.37. The number of furan rings is 1. The van der Waals surface area contributed by atoms with Gasteiger partial charge in [-0.05, 0) is 54.6 Å². The van der Waals surface area contributed by atoms with Crippen LogP contribution in [0, 0.1) is 11.3 Å². The molecule has 7 aromatic carbocycles. The van der Waals surface area contributed by atoms with Gasteiger partial charge in [-0.1, -0.05) is 103 Å². The van der Waals surface area contributed by atoms with Crippen molar-refractivity contribution in [3.05, 3.63) is 163 Å². The Morgan fingerprint density at radius 2 is 1.02 bits per heavy atom. The average molecular weight is 679 g/mol. The van der Waals surface area contributed by atoms with Gasteiger partial charge in [0.15, 0.2) is 17.2 Å². The third-order valence-corrected chi connectivity index (χ3v) is 10.2. The lowest BCUT2D eigenvalue weighted by Crippen LogP contribution is -2.06. The van der Waals surface area contributed by atoms with Crippen molar-refractivity contribution in [1.29, 1.82) is 5.26 Å². The molecule has 0 saturated heterocycles. The molecular formula is C46H26N6O. The highest BCUT2D eigenvalue weighted by Gasteiger charge is 2.28. The third-order valence-electron chi connectivity index (χ3n) is 10.2. The highest BCUT2D eigenvalue weighted by molar-refractivity contribution is 6.39. The molecule has 0 aliphatic heterocycles. The second-order valence-electron chi connectivity index (χ2n) is 13.1. The smallest absolute Gasteiger partial charge is 0.238 e. The van der Waals surface area contributed by atoms with Crippen molar-refractivity contribution in [1.82, 2.24) is 24.1 Å². The molecule has 0 atom stereocenters. The topological polar surface area (TPSA) is 85.5 Å². The van der Waals surface area contributed by atoms with E-state index in [0.717, 1.165) is 82.4 Å². The molecule has 0 aliphatic rings. The summed E-state index contributed by atoms with van der Waals surface area (Å²) < 4.78 is 11.5. The summed E-state index contributed by atoms with van der Waals surface area (Å²) in [7, 11) is 0. The zero-order valence-corrected chi connectivity index (χ0v) is 28.1. The van der Waals surface area contributed by atoms with Crippen LogP contribution in [0.3, 0.4) is 0 Å². The maximum absolute atomic E-state index is 9.51. The molecule has 0 spiro atoms. The molecule has 246 valence electrons. The summed E-state index contributed by atoms with van der Waals surface area (Å²) in [6.45, 7) is 0. The highest BCUT2D eigenvalue weighted by atomic mass is 16.3. The van der Waals surface area contributed by atoms with Gasteiger partial charge >= 0.3 is 0 Å². The van der Waals surface area contributed by atoms with Crippen LogP contribution >= 0.6 is 0 Å². The van der Waals surface area contributed by atoms with Crippen molar-refractivity contribution >= 4 is 65.6 Å². The van der Waals surface area contributed by atoms with Gasteiger partial charge in [-0.25, -0.2) is 4.98 Å². The monoisotopic (exact) mass is 678 g/mol. The first kappa shape index (κ1) is 29.2. The van der Waals surface area contributed by atoms with Crippen LogP contribution < -0.4 is 0 Å². The zero-order valence-electron chi connectivity index (χ0n) is 28.1. The average Bonchev–Trinajstić information content (AvgIpc) is 3.89. The minimum atomic E-state index is 0.488. The van der Waals surface area contributed by atoms with Gasteiger partial charge in [0, 0.05) is 43.7 Å². The molecular weight excluding hydrogens is 653 g/mol. The van der Waals surface area contributed by atoms with E-state index in [1.807, 2.05) is 60.7 Å². The maximum atomic E-state index is 9.51. The van der Waals surface area contributed by atoms with E-state index in [4.69, 9.17) is 19.4 Å². The molecule has 7 heteroatoms. The molecule has 4 heterocycles. The van der Waals surface area contributed by atoms with Gasteiger partial charge in [0.25, 0.3) is 0 Å². The molecule has 0 unspecified atom stereocenters. The Morgan fingerprint density at radius 3 is 1.70 bits per heavy atom. The van der Waals surface area contributed by atoms with E-state index in [9.17, 15) is 5.26 Å². The molecule has 0 N–H and O–H groups in total. The summed E-state index contributed by atoms with van der Waals surface area (Å²) in [5.74, 6) is 1.55. The van der Waals surface area contributed by atoms with Gasteiger partial charge in [0.05, 0.1) is 39.1 Å². The Labute approximate surface area is 302 Å². The van der Waals surface area contributed by atoms with Gasteiger partial charge in [-0.2, -0.15) is 15.2 Å². The summed E-state index contributed by atoms with van der Waals surface area (Å²) in [6.07, 6.45) is 0. The van der Waals surface area contributed by atoms with Crippen LogP contribution in [0.15, 0.2) is 162 Å². The minimum absolute atomic E-state index is 0.488. The van der Waals surface area contributed by atoms with Crippen molar-refractivity contribution < 1.29 is 4.42 Å². The molecule has 11 aromatic rings. The molecule has 4 aromatic heterocycles. The fourth-order valence-corrected chi connectivity index (χ4v) is 7.94. The van der Waals surface area contributed by atoms with Gasteiger partial charge in [-0.15, -0.1) is 0 Å². The molecule has 7 nitrogen and oxygen atoms in total. The predicted molar refractivity (Wildman–Crippen MR) is 211 cm³/mol. The molecule has 0 fully saturated rings. The number of nitrogens with zero attached hydrogens (tertiary/aromatic N) is 6. The van der Waals surface area contributed by atoms with Gasteiger partial charge < -0.3 is 8.98 Å². The summed E-state index contributed by atoms with van der Waals surface area (Å²) in [5.41, 5.74) is 8.92. The first-order chi connectivity index (χ1) is 26.3. The van der Waals surface area contributed by atoms with Crippen LogP contribution in [-0.2, 0) is 0 Å². The molecule has 0 aliphatic carbocycles. The van der Waals surface area contributed by atoms with Crippen LogP contribution in [0.4, 0.5) is 0 Å². The van der Waals surface area contributed by atoms with E-state index in [2.05, 4.69) is 100 Å². The van der Waals surface area contributed by atoms with E-state index >= 15 is 0 Å². The molecule has 0 amide bonds. The molecule has 0 radical (unpaired) electrons. The Morgan fingerprint density at radius 1 is 0.472 bits per heavy atom. The van der Waals surface area contributed by atoms with Gasteiger partial charge in [0.2, 0.25) is 5.95 Å². The summed E-state index contributed by atoms with van der Waals surface area (Å²) in [4.78, 5) is 15.4. The maximum Gasteiger partial charge on any atom is 0.238 e. The van der Waals surface area contributed by atoms with Crippen molar-refractivity contribution in [3.8, 4) is 40.5 Å². The fraction of sp³-hybridized carbons (Fsp3) is 0. The van der Waals surface area contributed by atoms with Crippen LogP contribution in [0.1, 0.15) is 5.56 Å². The minimum Gasteiger partial charge on any atom is -0.454 e. The summed E-state index contributed by atoms with van der Waals surface area (Å²) in [6, 6.07) is 55.4. The lowest BCUT2D eigenvalue weighted by atomic mass is 10.0. The predicted octanol–water partition coefficient (Wildman–Crippen LogP) is 11.2. The number of fused-ring (bicyclic) bond motifs is 12. The van der Waals surface area contributed by atoms with Gasteiger partial charge in [0.1, 0.15) is 5.58 Å². The Bertz CT molecular complexity index is 3280. The summed E-state index contributed by atoms with van der Waals surface area (Å²) in [5, 5.41) is 15.9. The van der Waals surface area contributed by atoms with E-state index in [1.54, 1.807) is 12.1 Å². The number of benzene rings is 7. The molecule has 0 saturated carbocycles. The number of aromatic nitrogens is 5.